The van der Waals surface area contributed by atoms with Crippen LogP contribution in [0.15, 0.2) is 29.2 Å². The molecule has 0 aliphatic carbocycles. The fourth-order valence-corrected chi connectivity index (χ4v) is 3.25. The minimum Gasteiger partial charge on any atom is -0.367 e. The Kier molecular flexibility index (Phi) is 4.93. The third-order valence-corrected chi connectivity index (χ3v) is 4.31. The number of unbranched alkanes of at least 4 members (excludes halogenated alkanes) is 1. The van der Waals surface area contributed by atoms with E-state index >= 15 is 0 Å². The molecule has 1 fully saturated rings. The van der Waals surface area contributed by atoms with Gasteiger partial charge in [0.15, 0.2) is 0 Å². The number of benzene rings is 1. The summed E-state index contributed by atoms with van der Waals surface area (Å²) in [7, 11) is 0. The van der Waals surface area contributed by atoms with Crippen LogP contribution in [0.2, 0.25) is 0 Å². The molecule has 2 atom stereocenters. The fourth-order valence-electron chi connectivity index (χ4n) is 2.09. The zero-order valence-corrected chi connectivity index (χ0v) is 11.6. The van der Waals surface area contributed by atoms with Crippen molar-refractivity contribution in [1.82, 2.24) is 0 Å². The Morgan fingerprint density at radius 2 is 2.06 bits per heavy atom. The number of ether oxygens (including phenoxy) is 1. The maximum atomic E-state index is 5.73. The number of rotatable bonds is 5. The zero-order chi connectivity index (χ0) is 12.1. The minimum atomic E-state index is 0.367. The topological polar surface area (TPSA) is 9.23 Å². The average Bonchev–Trinajstić information content (AvgIpc) is 2.74. The number of thioether (sulfide) groups is 1. The second-order valence-electron chi connectivity index (χ2n) is 4.97. The van der Waals surface area contributed by atoms with Crippen LogP contribution in [0.25, 0.3) is 0 Å². The van der Waals surface area contributed by atoms with Gasteiger partial charge < -0.3 is 4.74 Å². The first-order valence-corrected chi connectivity index (χ1v) is 7.53. The SMILES string of the molecule is CCCCc1ccc(SC2C[C@@H](C)CO2)cc1. The van der Waals surface area contributed by atoms with Crippen molar-refractivity contribution in [3.05, 3.63) is 29.8 Å². The summed E-state index contributed by atoms with van der Waals surface area (Å²) in [5, 5.41) is 0. The van der Waals surface area contributed by atoms with Crippen LogP contribution in [-0.2, 0) is 11.2 Å². The first kappa shape index (κ1) is 13.0. The van der Waals surface area contributed by atoms with Crippen LogP contribution in [0, 0.1) is 5.92 Å². The van der Waals surface area contributed by atoms with E-state index < -0.39 is 0 Å². The van der Waals surface area contributed by atoms with Crippen molar-refractivity contribution in [2.24, 2.45) is 5.92 Å². The molecule has 1 saturated heterocycles. The second kappa shape index (κ2) is 6.46. The summed E-state index contributed by atoms with van der Waals surface area (Å²) in [4.78, 5) is 1.34. The van der Waals surface area contributed by atoms with Crippen molar-refractivity contribution < 1.29 is 4.74 Å². The van der Waals surface area contributed by atoms with E-state index in [1.807, 2.05) is 11.8 Å². The highest BCUT2D eigenvalue weighted by molar-refractivity contribution is 7.99. The van der Waals surface area contributed by atoms with Gasteiger partial charge in [0, 0.05) is 4.90 Å². The van der Waals surface area contributed by atoms with Gasteiger partial charge in [0.2, 0.25) is 0 Å². The molecule has 1 aliphatic rings. The van der Waals surface area contributed by atoms with Gasteiger partial charge in [0.1, 0.15) is 5.44 Å². The molecule has 0 aromatic heterocycles. The minimum absolute atomic E-state index is 0.367. The number of hydrogen-bond acceptors (Lipinski definition) is 2. The summed E-state index contributed by atoms with van der Waals surface area (Å²) in [6.07, 6.45) is 4.95. The van der Waals surface area contributed by atoms with Gasteiger partial charge in [-0.1, -0.05) is 44.2 Å². The molecular weight excluding hydrogens is 228 g/mol. The fraction of sp³-hybridized carbons (Fsp3) is 0.600. The van der Waals surface area contributed by atoms with Crippen molar-refractivity contribution in [1.29, 1.82) is 0 Å². The Bertz CT molecular complexity index is 333. The van der Waals surface area contributed by atoms with Crippen LogP contribution >= 0.6 is 11.8 Å². The van der Waals surface area contributed by atoms with Gasteiger partial charge in [0.05, 0.1) is 6.61 Å². The first-order chi connectivity index (χ1) is 8.28. The predicted octanol–water partition coefficient (Wildman–Crippen LogP) is 4.50. The van der Waals surface area contributed by atoms with E-state index in [0.717, 1.165) is 12.5 Å². The van der Waals surface area contributed by atoms with E-state index in [0.29, 0.717) is 5.44 Å². The third kappa shape index (κ3) is 4.04. The van der Waals surface area contributed by atoms with Crippen LogP contribution < -0.4 is 0 Å². The lowest BCUT2D eigenvalue weighted by Crippen LogP contribution is -1.97. The smallest absolute Gasteiger partial charge is 0.108 e. The van der Waals surface area contributed by atoms with E-state index in [-0.39, 0.29) is 0 Å². The summed E-state index contributed by atoms with van der Waals surface area (Å²) in [5.74, 6) is 0.719. The highest BCUT2D eigenvalue weighted by Crippen LogP contribution is 2.33. The van der Waals surface area contributed by atoms with Gasteiger partial charge in [-0.2, -0.15) is 0 Å². The van der Waals surface area contributed by atoms with Crippen molar-refractivity contribution in [2.45, 2.75) is 49.9 Å². The lowest BCUT2D eigenvalue weighted by atomic mass is 10.1. The maximum absolute atomic E-state index is 5.73. The van der Waals surface area contributed by atoms with Gasteiger partial charge >= 0.3 is 0 Å². The molecule has 1 aliphatic heterocycles. The van der Waals surface area contributed by atoms with Gasteiger partial charge in [0.25, 0.3) is 0 Å². The van der Waals surface area contributed by atoms with Gasteiger partial charge in [-0.05, 0) is 42.9 Å². The van der Waals surface area contributed by atoms with Crippen LogP contribution in [0.1, 0.15) is 38.7 Å². The molecule has 0 spiro atoms. The monoisotopic (exact) mass is 250 g/mol. The Labute approximate surface area is 109 Å². The summed E-state index contributed by atoms with van der Waals surface area (Å²) in [6, 6.07) is 9.00. The van der Waals surface area contributed by atoms with Crippen LogP contribution in [0.3, 0.4) is 0 Å². The van der Waals surface area contributed by atoms with E-state index in [9.17, 15) is 0 Å². The Balaban J connectivity index is 1.85. The van der Waals surface area contributed by atoms with Gasteiger partial charge in [-0.3, -0.25) is 0 Å². The zero-order valence-electron chi connectivity index (χ0n) is 10.8. The lowest BCUT2D eigenvalue weighted by molar-refractivity contribution is 0.166. The van der Waals surface area contributed by atoms with Crippen LogP contribution in [-0.4, -0.2) is 12.0 Å². The van der Waals surface area contributed by atoms with E-state index in [4.69, 9.17) is 4.74 Å². The lowest BCUT2D eigenvalue weighted by Gasteiger charge is -2.09. The van der Waals surface area contributed by atoms with Crippen LogP contribution in [0.4, 0.5) is 0 Å². The molecule has 94 valence electrons. The molecule has 0 saturated carbocycles. The summed E-state index contributed by atoms with van der Waals surface area (Å²) in [6.45, 7) is 5.42. The van der Waals surface area contributed by atoms with Crippen molar-refractivity contribution in [2.75, 3.05) is 6.61 Å². The standard InChI is InChI=1S/C15H22OS/c1-3-4-5-13-6-8-14(9-7-13)17-15-10-12(2)11-16-15/h6-9,12,15H,3-5,10-11H2,1-2H3/t12-,15?/m1/s1. The first-order valence-electron chi connectivity index (χ1n) is 6.65. The molecule has 1 aromatic rings. The molecule has 2 heteroatoms. The number of aryl methyl sites for hydroxylation is 1. The quantitative estimate of drug-likeness (QED) is 0.760. The summed E-state index contributed by atoms with van der Waals surface area (Å²) < 4.78 is 5.73. The van der Waals surface area contributed by atoms with E-state index in [1.54, 1.807) is 0 Å². The normalized spacial score (nSPS) is 24.1. The highest BCUT2D eigenvalue weighted by atomic mass is 32.2. The maximum Gasteiger partial charge on any atom is 0.108 e. The van der Waals surface area contributed by atoms with Crippen molar-refractivity contribution in [3.8, 4) is 0 Å². The molecule has 2 rings (SSSR count). The molecule has 0 N–H and O–H groups in total. The molecule has 1 aromatic carbocycles. The van der Waals surface area contributed by atoms with Crippen molar-refractivity contribution in [3.63, 3.8) is 0 Å². The molecule has 0 bridgehead atoms. The summed E-state index contributed by atoms with van der Waals surface area (Å²) in [5.41, 5.74) is 1.82. The largest absolute Gasteiger partial charge is 0.367 e. The average molecular weight is 250 g/mol. The van der Waals surface area contributed by atoms with E-state index in [1.165, 1.54) is 36.1 Å². The third-order valence-electron chi connectivity index (χ3n) is 3.17. The molecule has 17 heavy (non-hydrogen) atoms. The highest BCUT2D eigenvalue weighted by Gasteiger charge is 2.22. The van der Waals surface area contributed by atoms with Crippen LogP contribution in [0.5, 0.6) is 0 Å². The molecular formula is C15H22OS. The molecule has 0 amide bonds. The van der Waals surface area contributed by atoms with Gasteiger partial charge in [-0.25, -0.2) is 0 Å². The number of hydrogen-bond donors (Lipinski definition) is 0. The van der Waals surface area contributed by atoms with E-state index in [2.05, 4.69) is 38.1 Å². The Morgan fingerprint density at radius 3 is 2.65 bits per heavy atom. The Morgan fingerprint density at radius 1 is 1.29 bits per heavy atom. The second-order valence-corrected chi connectivity index (χ2v) is 6.20. The van der Waals surface area contributed by atoms with Crippen molar-refractivity contribution >= 4 is 11.8 Å². The van der Waals surface area contributed by atoms with Gasteiger partial charge in [-0.15, -0.1) is 0 Å². The predicted molar refractivity (Wildman–Crippen MR) is 74.4 cm³/mol. The summed E-state index contributed by atoms with van der Waals surface area (Å²) >= 11 is 1.87. The Hall–Kier alpha value is -0.470. The molecule has 1 heterocycles. The molecule has 1 nitrogen and oxygen atoms in total. The molecule has 0 radical (unpaired) electrons. The molecule has 1 unspecified atom stereocenters.